The van der Waals surface area contributed by atoms with Crippen molar-refractivity contribution in [3.63, 3.8) is 0 Å². The standard InChI is InChI=1S/C15H14BrNO2/c16-13-5-2-1-4-12(13)15(18)17-8-7-11(10-17)14-6-3-9-19-14/h1-6,9,11H,7-8,10H2. The van der Waals surface area contributed by atoms with Gasteiger partial charge in [0.1, 0.15) is 5.76 Å². The number of nitrogens with zero attached hydrogens (tertiary/aromatic N) is 1. The molecule has 0 bridgehead atoms. The van der Waals surface area contributed by atoms with E-state index in [9.17, 15) is 4.79 Å². The highest BCUT2D eigenvalue weighted by molar-refractivity contribution is 9.10. The molecule has 1 unspecified atom stereocenters. The molecule has 3 rings (SSSR count). The number of benzene rings is 1. The molecule has 2 aromatic rings. The third-order valence-corrected chi connectivity index (χ3v) is 4.22. The summed E-state index contributed by atoms with van der Waals surface area (Å²) in [6, 6.07) is 11.4. The molecule has 1 aliphatic heterocycles. The van der Waals surface area contributed by atoms with Gasteiger partial charge in [-0.05, 0) is 46.6 Å². The SMILES string of the molecule is O=C(c1ccccc1Br)N1CCC(c2ccco2)C1. The Labute approximate surface area is 120 Å². The van der Waals surface area contributed by atoms with E-state index in [0.717, 1.165) is 35.3 Å². The van der Waals surface area contributed by atoms with Gasteiger partial charge >= 0.3 is 0 Å². The van der Waals surface area contributed by atoms with Gasteiger partial charge in [-0.1, -0.05) is 12.1 Å². The summed E-state index contributed by atoms with van der Waals surface area (Å²) in [5.74, 6) is 1.38. The summed E-state index contributed by atoms with van der Waals surface area (Å²) in [7, 11) is 0. The molecule has 3 nitrogen and oxygen atoms in total. The van der Waals surface area contributed by atoms with Crippen LogP contribution in [-0.4, -0.2) is 23.9 Å². The summed E-state index contributed by atoms with van der Waals surface area (Å²) >= 11 is 3.43. The van der Waals surface area contributed by atoms with Crippen LogP contribution in [0, 0.1) is 0 Å². The van der Waals surface area contributed by atoms with Crippen molar-refractivity contribution in [2.75, 3.05) is 13.1 Å². The Morgan fingerprint density at radius 2 is 2.11 bits per heavy atom. The lowest BCUT2D eigenvalue weighted by Crippen LogP contribution is -2.28. The summed E-state index contributed by atoms with van der Waals surface area (Å²) < 4.78 is 6.28. The van der Waals surface area contributed by atoms with Crippen molar-refractivity contribution in [1.29, 1.82) is 0 Å². The molecule has 0 N–H and O–H groups in total. The molecule has 1 aliphatic rings. The number of amides is 1. The summed E-state index contributed by atoms with van der Waals surface area (Å²) in [6.45, 7) is 1.51. The highest BCUT2D eigenvalue weighted by Gasteiger charge is 2.29. The molecule has 0 aliphatic carbocycles. The first-order chi connectivity index (χ1) is 9.25. The molecule has 4 heteroatoms. The second-order valence-electron chi connectivity index (χ2n) is 4.73. The van der Waals surface area contributed by atoms with Crippen LogP contribution in [0.25, 0.3) is 0 Å². The van der Waals surface area contributed by atoms with Crippen molar-refractivity contribution in [3.05, 3.63) is 58.5 Å². The fourth-order valence-corrected chi connectivity index (χ4v) is 2.96. The summed E-state index contributed by atoms with van der Waals surface area (Å²) in [5.41, 5.74) is 0.725. The van der Waals surface area contributed by atoms with Gasteiger partial charge < -0.3 is 9.32 Å². The molecular weight excluding hydrogens is 306 g/mol. The molecule has 0 saturated carbocycles. The Hall–Kier alpha value is -1.55. The molecular formula is C15H14BrNO2. The largest absolute Gasteiger partial charge is 0.469 e. The first-order valence-electron chi connectivity index (χ1n) is 6.33. The second kappa shape index (κ2) is 5.21. The van der Waals surface area contributed by atoms with E-state index in [0.29, 0.717) is 5.92 Å². The third kappa shape index (κ3) is 2.45. The molecule has 1 saturated heterocycles. The maximum absolute atomic E-state index is 12.4. The lowest BCUT2D eigenvalue weighted by atomic mass is 10.1. The second-order valence-corrected chi connectivity index (χ2v) is 5.59. The van der Waals surface area contributed by atoms with Gasteiger partial charge in [0.2, 0.25) is 0 Å². The Balaban J connectivity index is 1.75. The monoisotopic (exact) mass is 319 g/mol. The van der Waals surface area contributed by atoms with Crippen LogP contribution in [0.1, 0.15) is 28.5 Å². The van der Waals surface area contributed by atoms with Crippen LogP contribution >= 0.6 is 15.9 Å². The van der Waals surface area contributed by atoms with Gasteiger partial charge in [-0.15, -0.1) is 0 Å². The first kappa shape index (κ1) is 12.5. The number of rotatable bonds is 2. The summed E-state index contributed by atoms with van der Waals surface area (Å²) in [4.78, 5) is 14.3. The Morgan fingerprint density at radius 1 is 1.26 bits per heavy atom. The van der Waals surface area contributed by atoms with Crippen molar-refractivity contribution < 1.29 is 9.21 Å². The van der Waals surface area contributed by atoms with Crippen LogP contribution in [0.2, 0.25) is 0 Å². The van der Waals surface area contributed by atoms with E-state index >= 15 is 0 Å². The zero-order valence-electron chi connectivity index (χ0n) is 10.4. The number of carbonyl (C=O) groups is 1. The number of hydrogen-bond donors (Lipinski definition) is 0. The van der Waals surface area contributed by atoms with Crippen LogP contribution in [0.3, 0.4) is 0 Å². The maximum atomic E-state index is 12.4. The van der Waals surface area contributed by atoms with Crippen molar-refractivity contribution >= 4 is 21.8 Å². The average Bonchev–Trinajstić information content (AvgIpc) is 3.09. The molecule has 1 atom stereocenters. The fraction of sp³-hybridized carbons (Fsp3) is 0.267. The van der Waals surface area contributed by atoms with E-state index in [-0.39, 0.29) is 5.91 Å². The number of halogens is 1. The minimum atomic E-state index is 0.0848. The summed E-state index contributed by atoms with van der Waals surface area (Å²) in [5, 5.41) is 0. The number of likely N-dealkylation sites (tertiary alicyclic amines) is 1. The first-order valence-corrected chi connectivity index (χ1v) is 7.12. The molecule has 0 radical (unpaired) electrons. The van der Waals surface area contributed by atoms with E-state index < -0.39 is 0 Å². The number of furan rings is 1. The minimum Gasteiger partial charge on any atom is -0.469 e. The van der Waals surface area contributed by atoms with Crippen LogP contribution in [0.4, 0.5) is 0 Å². The van der Waals surface area contributed by atoms with Crippen LogP contribution in [-0.2, 0) is 0 Å². The van der Waals surface area contributed by atoms with E-state index in [1.165, 1.54) is 0 Å². The third-order valence-electron chi connectivity index (χ3n) is 3.53. The van der Waals surface area contributed by atoms with Crippen LogP contribution in [0.5, 0.6) is 0 Å². The zero-order chi connectivity index (χ0) is 13.2. The Morgan fingerprint density at radius 3 is 2.84 bits per heavy atom. The van der Waals surface area contributed by atoms with E-state index in [1.54, 1.807) is 6.26 Å². The predicted octanol–water partition coefficient (Wildman–Crippen LogP) is 3.67. The van der Waals surface area contributed by atoms with Gasteiger partial charge in [0, 0.05) is 23.5 Å². The molecule has 0 spiro atoms. The molecule has 1 aromatic carbocycles. The Bertz CT molecular complexity index is 580. The Kier molecular flexibility index (Phi) is 3.42. The van der Waals surface area contributed by atoms with Gasteiger partial charge in [0.25, 0.3) is 5.91 Å². The molecule has 19 heavy (non-hydrogen) atoms. The van der Waals surface area contributed by atoms with Crippen LogP contribution in [0.15, 0.2) is 51.6 Å². The van der Waals surface area contributed by atoms with Gasteiger partial charge in [-0.3, -0.25) is 4.79 Å². The highest BCUT2D eigenvalue weighted by atomic mass is 79.9. The molecule has 1 fully saturated rings. The molecule has 1 amide bonds. The number of carbonyl (C=O) groups excluding carboxylic acids is 1. The summed E-state index contributed by atoms with van der Waals surface area (Å²) in [6.07, 6.45) is 2.65. The highest BCUT2D eigenvalue weighted by Crippen LogP contribution is 2.29. The van der Waals surface area contributed by atoms with Gasteiger partial charge in [0.05, 0.1) is 11.8 Å². The molecule has 2 heterocycles. The van der Waals surface area contributed by atoms with Crippen molar-refractivity contribution in [1.82, 2.24) is 4.90 Å². The zero-order valence-corrected chi connectivity index (χ0v) is 12.0. The van der Waals surface area contributed by atoms with E-state index in [2.05, 4.69) is 15.9 Å². The van der Waals surface area contributed by atoms with Crippen molar-refractivity contribution in [2.24, 2.45) is 0 Å². The average molecular weight is 320 g/mol. The number of hydrogen-bond acceptors (Lipinski definition) is 2. The maximum Gasteiger partial charge on any atom is 0.255 e. The smallest absolute Gasteiger partial charge is 0.255 e. The lowest BCUT2D eigenvalue weighted by molar-refractivity contribution is 0.0789. The minimum absolute atomic E-state index is 0.0848. The van der Waals surface area contributed by atoms with Gasteiger partial charge in [0.15, 0.2) is 0 Å². The lowest BCUT2D eigenvalue weighted by Gasteiger charge is -2.17. The quantitative estimate of drug-likeness (QED) is 0.846. The molecule has 98 valence electrons. The van der Waals surface area contributed by atoms with Crippen molar-refractivity contribution in [2.45, 2.75) is 12.3 Å². The van der Waals surface area contributed by atoms with Gasteiger partial charge in [-0.25, -0.2) is 0 Å². The van der Waals surface area contributed by atoms with Crippen LogP contribution < -0.4 is 0 Å². The van der Waals surface area contributed by atoms with Crippen molar-refractivity contribution in [3.8, 4) is 0 Å². The fourth-order valence-electron chi connectivity index (χ4n) is 2.51. The predicted molar refractivity (Wildman–Crippen MR) is 76.1 cm³/mol. The van der Waals surface area contributed by atoms with Gasteiger partial charge in [-0.2, -0.15) is 0 Å². The topological polar surface area (TPSA) is 33.5 Å². The molecule has 1 aromatic heterocycles. The normalized spacial score (nSPS) is 18.8. The van der Waals surface area contributed by atoms with E-state index in [4.69, 9.17) is 4.42 Å². The van der Waals surface area contributed by atoms with E-state index in [1.807, 2.05) is 41.3 Å².